The second-order valence-corrected chi connectivity index (χ2v) is 5.53. The van der Waals surface area contributed by atoms with Crippen LogP contribution in [0.3, 0.4) is 0 Å². The van der Waals surface area contributed by atoms with E-state index in [4.69, 9.17) is 13.9 Å². The molecule has 0 aliphatic carbocycles. The third-order valence-electron chi connectivity index (χ3n) is 3.10. The van der Waals surface area contributed by atoms with Crippen LogP contribution >= 0.6 is 11.3 Å². The number of carbonyl (C=O) groups excluding carboxylic acids is 1. The first-order valence-corrected chi connectivity index (χ1v) is 8.27. The van der Waals surface area contributed by atoms with Crippen molar-refractivity contribution in [2.45, 2.75) is 26.6 Å². The minimum Gasteiger partial charge on any atom is -0.487 e. The molecule has 2 heterocycles. The van der Waals surface area contributed by atoms with Gasteiger partial charge in [0.15, 0.2) is 6.61 Å². The maximum absolute atomic E-state index is 12.0. The van der Waals surface area contributed by atoms with Gasteiger partial charge in [-0.25, -0.2) is 9.78 Å². The van der Waals surface area contributed by atoms with Gasteiger partial charge in [0.2, 0.25) is 5.89 Å². The van der Waals surface area contributed by atoms with E-state index < -0.39 is 5.97 Å². The molecule has 0 saturated heterocycles. The summed E-state index contributed by atoms with van der Waals surface area (Å²) < 4.78 is 16.0. The van der Waals surface area contributed by atoms with Crippen LogP contribution < -0.4 is 4.74 Å². The summed E-state index contributed by atoms with van der Waals surface area (Å²) in [7, 11) is 0. The molecular formula is C16H15N3O4S. The van der Waals surface area contributed by atoms with E-state index in [9.17, 15) is 4.79 Å². The molecule has 0 atom stereocenters. The van der Waals surface area contributed by atoms with E-state index >= 15 is 0 Å². The Kier molecular flexibility index (Phi) is 5.17. The summed E-state index contributed by atoms with van der Waals surface area (Å²) in [6.07, 6.45) is 0.642. The highest BCUT2D eigenvalue weighted by molar-refractivity contribution is 7.07. The van der Waals surface area contributed by atoms with Crippen LogP contribution in [0.4, 0.5) is 0 Å². The number of esters is 1. The zero-order chi connectivity index (χ0) is 16.8. The summed E-state index contributed by atoms with van der Waals surface area (Å²) in [6.45, 7) is 2.25. The summed E-state index contributed by atoms with van der Waals surface area (Å²) in [6, 6.07) is 6.71. The van der Waals surface area contributed by atoms with Crippen molar-refractivity contribution in [1.82, 2.24) is 15.2 Å². The van der Waals surface area contributed by atoms with Gasteiger partial charge in [0.25, 0.3) is 5.89 Å². The number of aryl methyl sites for hydroxylation is 1. The molecular weight excluding hydrogens is 330 g/mol. The molecule has 0 saturated carbocycles. The molecule has 3 aromatic rings. The van der Waals surface area contributed by atoms with E-state index in [1.807, 2.05) is 12.3 Å². The molecule has 2 aromatic heterocycles. The van der Waals surface area contributed by atoms with E-state index in [-0.39, 0.29) is 12.5 Å². The van der Waals surface area contributed by atoms with E-state index in [1.54, 1.807) is 29.8 Å². The molecule has 0 radical (unpaired) electrons. The molecule has 0 aliphatic heterocycles. The lowest BCUT2D eigenvalue weighted by Crippen LogP contribution is -2.05. The number of nitrogens with zero attached hydrogens (tertiary/aromatic N) is 3. The lowest BCUT2D eigenvalue weighted by atomic mass is 10.2. The second kappa shape index (κ2) is 7.69. The van der Waals surface area contributed by atoms with Gasteiger partial charge in [-0.2, -0.15) is 0 Å². The highest BCUT2D eigenvalue weighted by Crippen LogP contribution is 2.15. The smallest absolute Gasteiger partial charge is 0.338 e. The monoisotopic (exact) mass is 345 g/mol. The third-order valence-corrected chi connectivity index (χ3v) is 3.73. The van der Waals surface area contributed by atoms with Gasteiger partial charge in [-0.15, -0.1) is 21.5 Å². The lowest BCUT2D eigenvalue weighted by molar-refractivity contribution is 0.0436. The Morgan fingerprint density at radius 2 is 1.96 bits per heavy atom. The van der Waals surface area contributed by atoms with Crippen LogP contribution in [0, 0.1) is 0 Å². The third kappa shape index (κ3) is 4.17. The highest BCUT2D eigenvalue weighted by atomic mass is 32.1. The molecule has 0 unspecified atom stereocenters. The van der Waals surface area contributed by atoms with Crippen LogP contribution in [0.15, 0.2) is 39.6 Å². The summed E-state index contributed by atoms with van der Waals surface area (Å²) in [5.41, 5.74) is 3.05. The van der Waals surface area contributed by atoms with Crippen LogP contribution in [-0.4, -0.2) is 21.2 Å². The summed E-state index contributed by atoms with van der Waals surface area (Å²) >= 11 is 1.52. The fraction of sp³-hybridized carbons (Fsp3) is 0.250. The predicted octanol–water partition coefficient (Wildman–Crippen LogP) is 3.02. The normalized spacial score (nSPS) is 10.5. The van der Waals surface area contributed by atoms with Crippen LogP contribution in [0.25, 0.3) is 0 Å². The van der Waals surface area contributed by atoms with Gasteiger partial charge in [-0.05, 0) is 24.3 Å². The number of rotatable bonds is 7. The number of thiazole rings is 1. The Bertz CT molecular complexity index is 784. The summed E-state index contributed by atoms with van der Waals surface area (Å²) in [5.74, 6) is 0.993. The molecule has 24 heavy (non-hydrogen) atoms. The van der Waals surface area contributed by atoms with Crippen molar-refractivity contribution in [3.63, 3.8) is 0 Å². The Morgan fingerprint density at radius 1 is 1.17 bits per heavy atom. The zero-order valence-corrected chi connectivity index (χ0v) is 13.8. The summed E-state index contributed by atoms with van der Waals surface area (Å²) in [4.78, 5) is 16.1. The topological polar surface area (TPSA) is 87.3 Å². The van der Waals surface area contributed by atoms with Crippen LogP contribution in [0.5, 0.6) is 5.75 Å². The van der Waals surface area contributed by atoms with E-state index in [0.29, 0.717) is 30.2 Å². The van der Waals surface area contributed by atoms with Crippen molar-refractivity contribution in [2.75, 3.05) is 0 Å². The first kappa shape index (κ1) is 16.1. The minimum atomic E-state index is -0.461. The highest BCUT2D eigenvalue weighted by Gasteiger charge is 2.11. The second-order valence-electron chi connectivity index (χ2n) is 4.81. The van der Waals surface area contributed by atoms with Gasteiger partial charge in [0.05, 0.1) is 16.8 Å². The van der Waals surface area contributed by atoms with Gasteiger partial charge >= 0.3 is 5.97 Å². The van der Waals surface area contributed by atoms with E-state index in [2.05, 4.69) is 15.2 Å². The first-order valence-electron chi connectivity index (χ1n) is 7.33. The average molecular weight is 345 g/mol. The van der Waals surface area contributed by atoms with Crippen LogP contribution in [0.2, 0.25) is 0 Å². The standard InChI is InChI=1S/C16H15N3O4S/c1-2-14-18-19-15(23-14)8-22-16(20)11-3-5-13(6-4-11)21-7-12-9-24-10-17-12/h3-6,9-10H,2,7-8H2,1H3. The number of hydrogen-bond acceptors (Lipinski definition) is 8. The number of carbonyl (C=O) groups is 1. The Hall–Kier alpha value is -2.74. The SMILES string of the molecule is CCc1nnc(COC(=O)c2ccc(OCc3cscn3)cc2)o1. The van der Waals surface area contributed by atoms with Gasteiger partial charge < -0.3 is 13.9 Å². The van der Waals surface area contributed by atoms with Crippen molar-refractivity contribution < 1.29 is 18.7 Å². The maximum Gasteiger partial charge on any atom is 0.338 e. The van der Waals surface area contributed by atoms with Crippen LogP contribution in [0.1, 0.15) is 34.8 Å². The molecule has 124 valence electrons. The van der Waals surface area contributed by atoms with Crippen molar-refractivity contribution in [3.8, 4) is 5.75 Å². The number of benzene rings is 1. The number of hydrogen-bond donors (Lipinski definition) is 0. The number of ether oxygens (including phenoxy) is 2. The Labute approximate surface area is 142 Å². The zero-order valence-electron chi connectivity index (χ0n) is 13.0. The molecule has 0 amide bonds. The quantitative estimate of drug-likeness (QED) is 0.608. The van der Waals surface area contributed by atoms with Crippen molar-refractivity contribution >= 4 is 17.3 Å². The van der Waals surface area contributed by atoms with Gasteiger partial charge in [-0.3, -0.25) is 0 Å². The lowest BCUT2D eigenvalue weighted by Gasteiger charge is -2.06. The van der Waals surface area contributed by atoms with Crippen LogP contribution in [-0.2, 0) is 24.4 Å². The molecule has 8 heteroatoms. The maximum atomic E-state index is 12.0. The van der Waals surface area contributed by atoms with Gasteiger partial charge in [0, 0.05) is 11.8 Å². The first-order chi connectivity index (χ1) is 11.7. The Balaban J connectivity index is 1.51. The van der Waals surface area contributed by atoms with Gasteiger partial charge in [0.1, 0.15) is 12.4 Å². The van der Waals surface area contributed by atoms with E-state index in [1.165, 1.54) is 11.3 Å². The fourth-order valence-electron chi connectivity index (χ4n) is 1.85. The summed E-state index contributed by atoms with van der Waals surface area (Å²) in [5, 5.41) is 9.53. The molecule has 0 fully saturated rings. The average Bonchev–Trinajstić information content (AvgIpc) is 3.29. The van der Waals surface area contributed by atoms with Crippen molar-refractivity contribution in [1.29, 1.82) is 0 Å². The molecule has 0 spiro atoms. The van der Waals surface area contributed by atoms with E-state index in [0.717, 1.165) is 5.69 Å². The fourth-order valence-corrected chi connectivity index (χ4v) is 2.40. The van der Waals surface area contributed by atoms with Gasteiger partial charge in [-0.1, -0.05) is 6.92 Å². The molecule has 0 aliphatic rings. The minimum absolute atomic E-state index is 0.0477. The molecule has 0 N–H and O–H groups in total. The molecule has 3 rings (SSSR count). The molecule has 0 bridgehead atoms. The molecule has 1 aromatic carbocycles. The van der Waals surface area contributed by atoms with Crippen molar-refractivity contribution in [3.05, 3.63) is 58.2 Å². The predicted molar refractivity (Wildman–Crippen MR) is 85.7 cm³/mol. The van der Waals surface area contributed by atoms with Crippen molar-refractivity contribution in [2.24, 2.45) is 0 Å². The molecule has 7 nitrogen and oxygen atoms in total. The Morgan fingerprint density at radius 3 is 2.62 bits per heavy atom. The number of aromatic nitrogens is 3. The largest absolute Gasteiger partial charge is 0.487 e.